The number of benzene rings is 2. The second-order valence-electron chi connectivity index (χ2n) is 9.45. The van der Waals surface area contributed by atoms with Gasteiger partial charge in [0.15, 0.2) is 5.69 Å². The van der Waals surface area contributed by atoms with Crippen molar-refractivity contribution in [2.24, 2.45) is 5.92 Å². The van der Waals surface area contributed by atoms with E-state index in [9.17, 15) is 49.1 Å². The highest BCUT2D eigenvalue weighted by Crippen LogP contribution is 2.39. The van der Waals surface area contributed by atoms with Gasteiger partial charge in [-0.05, 0) is 36.6 Å². The summed E-state index contributed by atoms with van der Waals surface area (Å²) in [5.41, 5.74) is -7.52. The molecule has 1 saturated carbocycles. The average Bonchev–Trinajstić information content (AvgIpc) is 2.85. The van der Waals surface area contributed by atoms with Crippen LogP contribution in [-0.4, -0.2) is 22.0 Å². The lowest BCUT2D eigenvalue weighted by Crippen LogP contribution is -2.42. The number of hydrogen-bond acceptors (Lipinski definition) is 4. The van der Waals surface area contributed by atoms with Crippen molar-refractivity contribution in [3.63, 3.8) is 0 Å². The van der Waals surface area contributed by atoms with E-state index in [1.54, 1.807) is 4.98 Å². The fourth-order valence-corrected chi connectivity index (χ4v) is 4.24. The predicted molar refractivity (Wildman–Crippen MR) is 125 cm³/mol. The quantitative estimate of drug-likeness (QED) is 0.310. The third-order valence-electron chi connectivity index (χ3n) is 6.45. The molecule has 226 valence electrons. The van der Waals surface area contributed by atoms with Crippen molar-refractivity contribution >= 4 is 5.91 Å². The van der Waals surface area contributed by atoms with Gasteiger partial charge in [0, 0.05) is 24.1 Å². The first-order valence-electron chi connectivity index (χ1n) is 12.1. The number of nitrogens with zero attached hydrogens (tertiary/aromatic N) is 1. The highest BCUT2D eigenvalue weighted by atomic mass is 19.4. The number of alkyl halides is 9. The molecule has 1 aliphatic carbocycles. The molecule has 1 amide bonds. The van der Waals surface area contributed by atoms with E-state index < -0.39 is 88.2 Å². The first-order chi connectivity index (χ1) is 19.4. The average molecular weight is 611 g/mol. The number of ether oxygens (including phenoxy) is 1. The molecule has 0 atom stereocenters. The molecule has 42 heavy (non-hydrogen) atoms. The van der Waals surface area contributed by atoms with Gasteiger partial charge in [0.25, 0.3) is 5.56 Å². The zero-order valence-corrected chi connectivity index (χ0v) is 21.0. The maximum absolute atomic E-state index is 15.3. The Hall–Kier alpha value is -3.95. The van der Waals surface area contributed by atoms with Gasteiger partial charge in [-0.15, -0.1) is 0 Å². The van der Waals surface area contributed by atoms with Gasteiger partial charge in [0.05, 0.1) is 29.4 Å². The fraction of sp³-hybridized carbons (Fsp3) is 0.346. The maximum atomic E-state index is 15.3. The van der Waals surface area contributed by atoms with E-state index in [1.807, 2.05) is 0 Å². The number of aromatic amines is 1. The third kappa shape index (κ3) is 7.09. The van der Waals surface area contributed by atoms with E-state index in [1.165, 1.54) is 12.1 Å². The minimum atomic E-state index is -5.24. The Balaban J connectivity index is 1.43. The Morgan fingerprint density at radius 2 is 1.64 bits per heavy atom. The highest BCUT2D eigenvalue weighted by molar-refractivity contribution is 5.79. The summed E-state index contributed by atoms with van der Waals surface area (Å²) < 4.78 is 139. The predicted octanol–water partition coefficient (Wildman–Crippen LogP) is 6.24. The number of halogens is 10. The molecule has 2 N–H and O–H groups in total. The summed E-state index contributed by atoms with van der Waals surface area (Å²) in [6.07, 6.45) is -15.1. The molecule has 1 aliphatic rings. The fourth-order valence-electron chi connectivity index (χ4n) is 4.24. The normalized spacial score (nSPS) is 17.6. The minimum absolute atomic E-state index is 0.00790. The van der Waals surface area contributed by atoms with Crippen LogP contribution in [0.4, 0.5) is 43.9 Å². The topological polar surface area (TPSA) is 84.1 Å². The van der Waals surface area contributed by atoms with Crippen molar-refractivity contribution < 1.29 is 53.4 Å². The highest BCUT2D eigenvalue weighted by Gasteiger charge is 2.39. The summed E-state index contributed by atoms with van der Waals surface area (Å²) in [6, 6.07) is 5.59. The molecule has 1 aromatic heterocycles. The van der Waals surface area contributed by atoms with E-state index in [-0.39, 0.29) is 31.1 Å². The van der Waals surface area contributed by atoms with Crippen LogP contribution in [0.2, 0.25) is 0 Å². The molecule has 1 fully saturated rings. The monoisotopic (exact) mass is 611 g/mol. The van der Waals surface area contributed by atoms with Crippen LogP contribution in [0.1, 0.15) is 40.8 Å². The lowest BCUT2D eigenvalue weighted by molar-refractivity contribution is -0.141. The molecule has 4 rings (SSSR count). The molecule has 0 aliphatic heterocycles. The Kier molecular flexibility index (Phi) is 8.40. The van der Waals surface area contributed by atoms with Gasteiger partial charge < -0.3 is 15.0 Å². The SMILES string of the molecule is O=c1cc(C(F)(F)F)nc(-c2c(C(F)(F)F)ccc(CNC(=O)[C@H]3C[C@H](OCc4cccc(C(F)(F)F)c4)C3)c2F)[nH]1. The molecule has 1 heterocycles. The van der Waals surface area contributed by atoms with Crippen molar-refractivity contribution in [3.05, 3.63) is 86.6 Å². The first kappa shape index (κ1) is 31.0. The van der Waals surface area contributed by atoms with Crippen molar-refractivity contribution in [2.75, 3.05) is 0 Å². The first-order valence-corrected chi connectivity index (χ1v) is 12.1. The van der Waals surface area contributed by atoms with E-state index in [0.717, 1.165) is 12.1 Å². The summed E-state index contributed by atoms with van der Waals surface area (Å²) in [6.45, 7) is -0.792. The van der Waals surface area contributed by atoms with Gasteiger partial charge in [-0.2, -0.15) is 39.5 Å². The number of hydrogen-bond donors (Lipinski definition) is 2. The largest absolute Gasteiger partial charge is 0.433 e. The molecule has 0 unspecified atom stereocenters. The molecular formula is C26H19F10N3O3. The van der Waals surface area contributed by atoms with Crippen LogP contribution in [0.3, 0.4) is 0 Å². The number of amides is 1. The van der Waals surface area contributed by atoms with Crippen molar-refractivity contribution in [2.45, 2.75) is 50.6 Å². The maximum Gasteiger partial charge on any atom is 0.433 e. The van der Waals surface area contributed by atoms with E-state index in [2.05, 4.69) is 10.3 Å². The Morgan fingerprint density at radius 1 is 0.952 bits per heavy atom. The summed E-state index contributed by atoms with van der Waals surface area (Å²) in [5.74, 6) is -4.22. The van der Waals surface area contributed by atoms with E-state index >= 15 is 4.39 Å². The molecule has 2 aromatic carbocycles. The smallest absolute Gasteiger partial charge is 0.373 e. The van der Waals surface area contributed by atoms with Crippen LogP contribution in [-0.2, 0) is 41.2 Å². The lowest BCUT2D eigenvalue weighted by atomic mass is 9.81. The zero-order valence-electron chi connectivity index (χ0n) is 21.0. The molecule has 0 bridgehead atoms. The Bertz CT molecular complexity index is 1520. The number of carbonyl (C=O) groups excluding carboxylic acids is 1. The van der Waals surface area contributed by atoms with E-state index in [0.29, 0.717) is 12.1 Å². The van der Waals surface area contributed by atoms with Gasteiger partial charge in [-0.3, -0.25) is 9.59 Å². The van der Waals surface area contributed by atoms with Gasteiger partial charge >= 0.3 is 18.5 Å². The second-order valence-corrected chi connectivity index (χ2v) is 9.45. The van der Waals surface area contributed by atoms with Crippen LogP contribution in [0, 0.1) is 11.7 Å². The number of rotatable bonds is 7. The standard InChI is InChI=1S/C26H19F10N3O3/c27-21-13(4-5-17(25(31,32)33)20(21)22-38-18(26(34,35)36)9-19(40)39-22)10-37-23(41)14-7-16(8-14)42-11-12-2-1-3-15(6-12)24(28,29)30/h1-6,9,14,16H,7-8,10-11H2,(H,37,41)(H,38,39,40)/t14-,16-. The number of aromatic nitrogens is 2. The minimum Gasteiger partial charge on any atom is -0.373 e. The summed E-state index contributed by atoms with van der Waals surface area (Å²) in [4.78, 5) is 28.9. The van der Waals surface area contributed by atoms with Crippen molar-refractivity contribution in [1.29, 1.82) is 0 Å². The molecule has 0 radical (unpaired) electrons. The van der Waals surface area contributed by atoms with Crippen molar-refractivity contribution in [3.8, 4) is 11.4 Å². The Morgan fingerprint density at radius 3 is 2.26 bits per heavy atom. The van der Waals surface area contributed by atoms with Crippen LogP contribution >= 0.6 is 0 Å². The third-order valence-corrected chi connectivity index (χ3v) is 6.45. The van der Waals surface area contributed by atoms with Gasteiger partial charge in [0.1, 0.15) is 11.6 Å². The van der Waals surface area contributed by atoms with Crippen LogP contribution in [0.25, 0.3) is 11.4 Å². The molecular weight excluding hydrogens is 592 g/mol. The number of carbonyl (C=O) groups is 1. The van der Waals surface area contributed by atoms with Gasteiger partial charge in [-0.1, -0.05) is 18.2 Å². The molecule has 16 heteroatoms. The molecule has 6 nitrogen and oxygen atoms in total. The summed E-state index contributed by atoms with van der Waals surface area (Å²) >= 11 is 0. The number of H-pyrrole nitrogens is 1. The zero-order chi connectivity index (χ0) is 31.0. The van der Waals surface area contributed by atoms with Crippen molar-refractivity contribution in [1.82, 2.24) is 15.3 Å². The van der Waals surface area contributed by atoms with Crippen LogP contribution < -0.4 is 10.9 Å². The molecule has 0 spiro atoms. The summed E-state index contributed by atoms with van der Waals surface area (Å²) in [5, 5.41) is 2.33. The van der Waals surface area contributed by atoms with Crippen LogP contribution in [0.15, 0.2) is 47.3 Å². The molecule has 3 aromatic rings. The number of nitrogens with one attached hydrogen (secondary N) is 2. The van der Waals surface area contributed by atoms with Gasteiger partial charge in [-0.25, -0.2) is 9.37 Å². The van der Waals surface area contributed by atoms with Crippen LogP contribution in [0.5, 0.6) is 0 Å². The summed E-state index contributed by atoms with van der Waals surface area (Å²) in [7, 11) is 0. The molecule has 0 saturated heterocycles. The Labute approximate surface area is 229 Å². The second kappa shape index (κ2) is 11.4. The van der Waals surface area contributed by atoms with Gasteiger partial charge in [0.2, 0.25) is 5.91 Å². The van der Waals surface area contributed by atoms with E-state index in [4.69, 9.17) is 4.74 Å². The lowest BCUT2D eigenvalue weighted by Gasteiger charge is -2.34.